The van der Waals surface area contributed by atoms with Gasteiger partial charge < -0.3 is 18.9 Å². The number of rotatable bonds is 23. The summed E-state index contributed by atoms with van der Waals surface area (Å²) in [6.07, 6.45) is 15.0. The Morgan fingerprint density at radius 3 is 0.885 bits per heavy atom. The molecule has 0 aliphatic rings. The standard InChI is InChI=1S/C22H46O4/c1-3-5-15-23-19-21-25-17-13-11-9-7-8-10-12-14-18-26-22-20-24-16-6-4-2/h3-22H2,1-2H3. The third-order valence-electron chi connectivity index (χ3n) is 4.36. The lowest BCUT2D eigenvalue weighted by molar-refractivity contribution is 0.0450. The second-order valence-electron chi connectivity index (χ2n) is 6.99. The molecule has 0 rings (SSSR count). The SMILES string of the molecule is CCCCOCCOCCCCCCCCCCOCCOCCCC. The van der Waals surface area contributed by atoms with E-state index in [1.807, 2.05) is 0 Å². The van der Waals surface area contributed by atoms with E-state index in [2.05, 4.69) is 13.8 Å². The fraction of sp³-hybridized carbons (Fsp3) is 1.00. The van der Waals surface area contributed by atoms with Crippen molar-refractivity contribution in [3.63, 3.8) is 0 Å². The van der Waals surface area contributed by atoms with Crippen molar-refractivity contribution in [1.82, 2.24) is 0 Å². The minimum Gasteiger partial charge on any atom is -0.379 e. The summed E-state index contributed by atoms with van der Waals surface area (Å²) in [5.41, 5.74) is 0. The fourth-order valence-corrected chi connectivity index (χ4v) is 2.61. The van der Waals surface area contributed by atoms with Gasteiger partial charge in [0.2, 0.25) is 0 Å². The summed E-state index contributed by atoms with van der Waals surface area (Å²) in [4.78, 5) is 0. The smallest absolute Gasteiger partial charge is 0.0700 e. The molecule has 0 N–H and O–H groups in total. The molecule has 0 heterocycles. The summed E-state index contributed by atoms with van der Waals surface area (Å²) in [6.45, 7) is 10.9. The van der Waals surface area contributed by atoms with Gasteiger partial charge in [-0.3, -0.25) is 0 Å². The number of hydrogen-bond acceptors (Lipinski definition) is 4. The molecule has 4 heteroatoms. The lowest BCUT2D eigenvalue weighted by Gasteiger charge is -2.06. The normalized spacial score (nSPS) is 11.3. The van der Waals surface area contributed by atoms with E-state index in [0.717, 1.165) is 65.7 Å². The van der Waals surface area contributed by atoms with Gasteiger partial charge in [-0.25, -0.2) is 0 Å². The number of ether oxygens (including phenoxy) is 4. The van der Waals surface area contributed by atoms with E-state index in [4.69, 9.17) is 18.9 Å². The van der Waals surface area contributed by atoms with Crippen LogP contribution in [0.2, 0.25) is 0 Å². The monoisotopic (exact) mass is 374 g/mol. The molecule has 4 nitrogen and oxygen atoms in total. The molecule has 0 aromatic carbocycles. The summed E-state index contributed by atoms with van der Waals surface area (Å²) in [5, 5.41) is 0. The van der Waals surface area contributed by atoms with Crippen LogP contribution in [0.1, 0.15) is 90.9 Å². The molecular formula is C22H46O4. The largest absolute Gasteiger partial charge is 0.379 e. The van der Waals surface area contributed by atoms with E-state index < -0.39 is 0 Å². The van der Waals surface area contributed by atoms with Crippen molar-refractivity contribution in [3.05, 3.63) is 0 Å². The maximum Gasteiger partial charge on any atom is 0.0700 e. The molecule has 0 unspecified atom stereocenters. The van der Waals surface area contributed by atoms with Gasteiger partial charge in [-0.15, -0.1) is 0 Å². The molecule has 0 fully saturated rings. The van der Waals surface area contributed by atoms with E-state index in [0.29, 0.717) is 0 Å². The average molecular weight is 375 g/mol. The van der Waals surface area contributed by atoms with Gasteiger partial charge in [0, 0.05) is 26.4 Å². The van der Waals surface area contributed by atoms with Crippen LogP contribution in [0, 0.1) is 0 Å². The lowest BCUT2D eigenvalue weighted by Crippen LogP contribution is -2.06. The zero-order chi connectivity index (χ0) is 19.0. The first kappa shape index (κ1) is 25.8. The van der Waals surface area contributed by atoms with Crippen LogP contribution in [0.4, 0.5) is 0 Å². The van der Waals surface area contributed by atoms with Gasteiger partial charge in [-0.1, -0.05) is 65.2 Å². The quantitative estimate of drug-likeness (QED) is 0.213. The van der Waals surface area contributed by atoms with Crippen molar-refractivity contribution in [2.24, 2.45) is 0 Å². The van der Waals surface area contributed by atoms with Crippen LogP contribution in [-0.4, -0.2) is 52.9 Å². The summed E-state index contributed by atoms with van der Waals surface area (Å²) >= 11 is 0. The van der Waals surface area contributed by atoms with Gasteiger partial charge >= 0.3 is 0 Å². The molecule has 0 amide bonds. The predicted octanol–water partition coefficient (Wildman–Crippen LogP) is 5.77. The Balaban J connectivity index is 2.95. The Bertz CT molecular complexity index is 212. The summed E-state index contributed by atoms with van der Waals surface area (Å²) < 4.78 is 22.1. The van der Waals surface area contributed by atoms with Crippen molar-refractivity contribution >= 4 is 0 Å². The molecule has 0 radical (unpaired) electrons. The Morgan fingerprint density at radius 1 is 0.308 bits per heavy atom. The Hall–Kier alpha value is -0.160. The van der Waals surface area contributed by atoms with Gasteiger partial charge in [0.1, 0.15) is 0 Å². The van der Waals surface area contributed by atoms with Crippen LogP contribution >= 0.6 is 0 Å². The highest BCUT2D eigenvalue weighted by molar-refractivity contribution is 4.47. The molecule has 158 valence electrons. The first-order chi connectivity index (χ1) is 12.9. The summed E-state index contributed by atoms with van der Waals surface area (Å²) in [7, 11) is 0. The second-order valence-corrected chi connectivity index (χ2v) is 6.99. The van der Waals surface area contributed by atoms with Crippen LogP contribution in [0.5, 0.6) is 0 Å². The second kappa shape index (κ2) is 24.8. The predicted molar refractivity (Wildman–Crippen MR) is 110 cm³/mol. The van der Waals surface area contributed by atoms with Crippen molar-refractivity contribution in [3.8, 4) is 0 Å². The van der Waals surface area contributed by atoms with Crippen LogP contribution in [0.15, 0.2) is 0 Å². The third-order valence-corrected chi connectivity index (χ3v) is 4.36. The van der Waals surface area contributed by atoms with Crippen molar-refractivity contribution in [1.29, 1.82) is 0 Å². The van der Waals surface area contributed by atoms with E-state index in [1.54, 1.807) is 0 Å². The van der Waals surface area contributed by atoms with E-state index in [1.165, 1.54) is 64.2 Å². The first-order valence-electron chi connectivity index (χ1n) is 11.2. The van der Waals surface area contributed by atoms with Crippen molar-refractivity contribution < 1.29 is 18.9 Å². The third kappa shape index (κ3) is 23.8. The highest BCUT2D eigenvalue weighted by Crippen LogP contribution is 2.08. The zero-order valence-electron chi connectivity index (χ0n) is 17.8. The molecule has 0 aliphatic heterocycles. The molecule has 0 saturated heterocycles. The first-order valence-corrected chi connectivity index (χ1v) is 11.2. The topological polar surface area (TPSA) is 36.9 Å². The molecule has 0 aliphatic carbocycles. The van der Waals surface area contributed by atoms with Crippen LogP contribution < -0.4 is 0 Å². The molecule has 0 spiro atoms. The molecule has 0 aromatic rings. The maximum absolute atomic E-state index is 5.59. The Labute approximate surface area is 163 Å². The van der Waals surface area contributed by atoms with E-state index in [9.17, 15) is 0 Å². The number of unbranched alkanes of at least 4 members (excludes halogenated alkanes) is 9. The summed E-state index contributed by atoms with van der Waals surface area (Å²) in [6, 6.07) is 0. The minimum atomic E-state index is 0.746. The van der Waals surface area contributed by atoms with Gasteiger partial charge in [-0.2, -0.15) is 0 Å². The maximum atomic E-state index is 5.59. The van der Waals surface area contributed by atoms with Crippen LogP contribution in [0.25, 0.3) is 0 Å². The Kier molecular flexibility index (Phi) is 24.7. The van der Waals surface area contributed by atoms with Crippen molar-refractivity contribution in [2.75, 3.05) is 52.9 Å². The molecule has 26 heavy (non-hydrogen) atoms. The minimum absolute atomic E-state index is 0.746. The van der Waals surface area contributed by atoms with Gasteiger partial charge in [-0.05, 0) is 25.7 Å². The van der Waals surface area contributed by atoms with E-state index >= 15 is 0 Å². The van der Waals surface area contributed by atoms with Crippen molar-refractivity contribution in [2.45, 2.75) is 90.9 Å². The van der Waals surface area contributed by atoms with Crippen LogP contribution in [-0.2, 0) is 18.9 Å². The Morgan fingerprint density at radius 2 is 0.577 bits per heavy atom. The molecule has 0 aromatic heterocycles. The van der Waals surface area contributed by atoms with Gasteiger partial charge in [0.15, 0.2) is 0 Å². The van der Waals surface area contributed by atoms with Gasteiger partial charge in [0.05, 0.1) is 26.4 Å². The molecule has 0 bridgehead atoms. The van der Waals surface area contributed by atoms with Gasteiger partial charge in [0.25, 0.3) is 0 Å². The summed E-state index contributed by atoms with van der Waals surface area (Å²) in [5.74, 6) is 0. The molecule has 0 atom stereocenters. The zero-order valence-corrected chi connectivity index (χ0v) is 17.8. The molecule has 0 saturated carbocycles. The fourth-order valence-electron chi connectivity index (χ4n) is 2.61. The average Bonchev–Trinajstić information content (AvgIpc) is 2.66. The number of hydrogen-bond donors (Lipinski definition) is 0. The highest BCUT2D eigenvalue weighted by Gasteiger charge is 1.95. The van der Waals surface area contributed by atoms with Crippen LogP contribution in [0.3, 0.4) is 0 Å². The van der Waals surface area contributed by atoms with E-state index in [-0.39, 0.29) is 0 Å². The molecular weight excluding hydrogens is 328 g/mol. The lowest BCUT2D eigenvalue weighted by atomic mass is 10.1. The highest BCUT2D eigenvalue weighted by atomic mass is 16.5.